The molecule has 9 nitrogen and oxygen atoms in total. The molecule has 1 aromatic carbocycles. The molecule has 1 N–H and O–H groups in total. The Balaban J connectivity index is 1.30. The van der Waals surface area contributed by atoms with Gasteiger partial charge in [0.15, 0.2) is 23.8 Å². The molecule has 0 unspecified atom stereocenters. The third kappa shape index (κ3) is 9.55. The molecule has 4 rings (SSSR count). The normalized spacial score (nSPS) is 25.7. The van der Waals surface area contributed by atoms with E-state index in [0.29, 0.717) is 5.75 Å². The third-order valence-corrected chi connectivity index (χ3v) is 11.2. The van der Waals surface area contributed by atoms with Crippen molar-refractivity contribution in [2.45, 2.75) is 170 Å². The Morgan fingerprint density at radius 1 is 0.880 bits per heavy atom. The highest BCUT2D eigenvalue weighted by atomic mass is 16.8. The van der Waals surface area contributed by atoms with Crippen molar-refractivity contribution in [3.8, 4) is 11.5 Å². The highest BCUT2D eigenvalue weighted by Gasteiger charge is 2.56. The van der Waals surface area contributed by atoms with Gasteiger partial charge in [-0.3, -0.25) is 0 Å². The van der Waals surface area contributed by atoms with Crippen LogP contribution >= 0.6 is 0 Å². The summed E-state index contributed by atoms with van der Waals surface area (Å²) < 4.78 is 35.4. The molecule has 3 aliphatic rings. The number of carbonyl (C=O) groups is 2. The van der Waals surface area contributed by atoms with Crippen molar-refractivity contribution in [2.24, 2.45) is 17.8 Å². The topological polar surface area (TPSA) is 110 Å². The molecular formula is C41H64O9. The van der Waals surface area contributed by atoms with Crippen LogP contribution in [0.15, 0.2) is 11.5 Å². The minimum atomic E-state index is -1.46. The largest absolute Gasteiger partial charge is 0.499 e. The molecule has 0 aromatic heterocycles. The maximum absolute atomic E-state index is 13.2. The van der Waals surface area contributed by atoms with Crippen LogP contribution < -0.4 is 9.47 Å². The van der Waals surface area contributed by atoms with E-state index in [0.717, 1.165) is 71.4 Å². The van der Waals surface area contributed by atoms with Gasteiger partial charge in [0.2, 0.25) is 5.76 Å². The Bertz CT molecular complexity index is 1410. The van der Waals surface area contributed by atoms with Gasteiger partial charge in [-0.2, -0.15) is 0 Å². The van der Waals surface area contributed by atoms with Crippen LogP contribution in [0.2, 0.25) is 0 Å². The van der Waals surface area contributed by atoms with Crippen LogP contribution in [-0.2, 0) is 35.0 Å². The zero-order chi connectivity index (χ0) is 37.0. The first-order valence-electron chi connectivity index (χ1n) is 19.0. The lowest BCUT2D eigenvalue weighted by Gasteiger charge is -2.38. The van der Waals surface area contributed by atoms with Gasteiger partial charge in [-0.1, -0.05) is 72.6 Å². The molecule has 0 bridgehead atoms. The summed E-state index contributed by atoms with van der Waals surface area (Å²) in [4.78, 5) is 25.5. The fraction of sp³-hybridized carbons (Fsp3) is 0.756. The summed E-state index contributed by atoms with van der Waals surface area (Å²) in [6.07, 6.45) is 12.4. The van der Waals surface area contributed by atoms with Crippen LogP contribution in [0, 0.1) is 38.5 Å². The van der Waals surface area contributed by atoms with Crippen LogP contribution in [0.1, 0.15) is 142 Å². The van der Waals surface area contributed by atoms with Crippen LogP contribution in [-0.4, -0.2) is 53.4 Å². The van der Waals surface area contributed by atoms with Crippen LogP contribution in [0.5, 0.6) is 11.5 Å². The van der Waals surface area contributed by atoms with Crippen molar-refractivity contribution in [1.82, 2.24) is 0 Å². The van der Waals surface area contributed by atoms with Crippen LogP contribution in [0.25, 0.3) is 0 Å². The molecule has 50 heavy (non-hydrogen) atoms. The number of aliphatic hydroxyl groups is 1. The number of hydrogen-bond acceptors (Lipinski definition) is 9. The fourth-order valence-corrected chi connectivity index (χ4v) is 7.68. The molecule has 3 heterocycles. The standard InChI is InChI=1S/C41H64O9/c1-25(2)15-12-16-26(3)17-13-18-27(4)19-14-21-40(10)22-20-31-30(7)35(28(5)29(6)36(31)49-40)47-33(42)24-45-37-34(43)38(44)50-41(37,11)32-23-46-39(8,9)48-32/h25-27,32,43H,12-24H2,1-11H3/t26-,27-,32+,40-,41-/m1/s1. The molecule has 282 valence electrons. The molecule has 1 saturated heterocycles. The van der Waals surface area contributed by atoms with E-state index in [1.807, 2.05) is 20.8 Å². The van der Waals surface area contributed by atoms with Crippen molar-refractivity contribution in [2.75, 3.05) is 13.2 Å². The number of cyclic esters (lactones) is 1. The van der Waals surface area contributed by atoms with E-state index in [2.05, 4.69) is 34.6 Å². The van der Waals surface area contributed by atoms with Crippen molar-refractivity contribution in [1.29, 1.82) is 0 Å². The van der Waals surface area contributed by atoms with Gasteiger partial charge in [-0.25, -0.2) is 9.59 Å². The minimum Gasteiger partial charge on any atom is -0.499 e. The van der Waals surface area contributed by atoms with Gasteiger partial charge in [-0.15, -0.1) is 0 Å². The number of aliphatic hydroxyl groups excluding tert-OH is 1. The van der Waals surface area contributed by atoms with Gasteiger partial charge in [-0.05, 0) is 109 Å². The van der Waals surface area contributed by atoms with E-state index in [1.165, 1.54) is 44.9 Å². The van der Waals surface area contributed by atoms with E-state index >= 15 is 0 Å². The summed E-state index contributed by atoms with van der Waals surface area (Å²) in [5.74, 6) is 0.351. The first-order chi connectivity index (χ1) is 23.4. The number of carbonyl (C=O) groups excluding carboxylic acids is 2. The molecule has 0 amide bonds. The lowest BCUT2D eigenvalue weighted by Crippen LogP contribution is -2.45. The average molecular weight is 701 g/mol. The van der Waals surface area contributed by atoms with Crippen molar-refractivity contribution in [3.05, 3.63) is 33.8 Å². The Morgan fingerprint density at radius 3 is 2.10 bits per heavy atom. The number of benzene rings is 1. The Labute approximate surface area is 300 Å². The summed E-state index contributed by atoms with van der Waals surface area (Å²) >= 11 is 0. The van der Waals surface area contributed by atoms with Crippen molar-refractivity contribution < 1.29 is 43.1 Å². The van der Waals surface area contributed by atoms with Crippen LogP contribution in [0.4, 0.5) is 0 Å². The SMILES string of the molecule is Cc1c(C)c2c(c(C)c1OC(=O)COC1=C(O)C(=O)O[C@]1(C)[C@@H]1COC(C)(C)O1)CC[C@@](C)(CCC[C@H](C)CCC[C@H](C)CCCC(C)C)O2. The lowest BCUT2D eigenvalue weighted by atomic mass is 9.83. The van der Waals surface area contributed by atoms with Crippen LogP contribution in [0.3, 0.4) is 0 Å². The van der Waals surface area contributed by atoms with Gasteiger partial charge < -0.3 is 33.5 Å². The molecule has 9 heteroatoms. The third-order valence-electron chi connectivity index (χ3n) is 11.2. The van der Waals surface area contributed by atoms with E-state index in [4.69, 9.17) is 28.4 Å². The second kappa shape index (κ2) is 16.3. The summed E-state index contributed by atoms with van der Waals surface area (Å²) in [5, 5.41) is 10.5. The average Bonchev–Trinajstić information content (AvgIpc) is 3.51. The molecule has 3 aliphatic heterocycles. The predicted molar refractivity (Wildman–Crippen MR) is 193 cm³/mol. The molecule has 1 aromatic rings. The number of hydrogen-bond donors (Lipinski definition) is 1. The fourth-order valence-electron chi connectivity index (χ4n) is 7.68. The smallest absolute Gasteiger partial charge is 0.378 e. The Morgan fingerprint density at radius 2 is 1.50 bits per heavy atom. The van der Waals surface area contributed by atoms with Gasteiger partial charge in [0.25, 0.3) is 0 Å². The highest BCUT2D eigenvalue weighted by Crippen LogP contribution is 2.45. The van der Waals surface area contributed by atoms with Gasteiger partial charge in [0.1, 0.15) is 23.2 Å². The van der Waals surface area contributed by atoms with E-state index in [-0.39, 0.29) is 18.0 Å². The molecule has 0 radical (unpaired) electrons. The van der Waals surface area contributed by atoms with E-state index in [1.54, 1.807) is 20.8 Å². The Hall–Kier alpha value is -2.78. The monoisotopic (exact) mass is 700 g/mol. The molecular weight excluding hydrogens is 636 g/mol. The quantitative estimate of drug-likeness (QED) is 0.126. The van der Waals surface area contributed by atoms with Crippen molar-refractivity contribution >= 4 is 11.9 Å². The summed E-state index contributed by atoms with van der Waals surface area (Å²) in [6.45, 7) is 22.2. The summed E-state index contributed by atoms with van der Waals surface area (Å²) in [5.41, 5.74) is 2.02. The zero-order valence-corrected chi connectivity index (χ0v) is 32.7. The second-order valence-electron chi connectivity index (χ2n) is 16.7. The second-order valence-corrected chi connectivity index (χ2v) is 16.7. The number of rotatable bonds is 17. The first-order valence-corrected chi connectivity index (χ1v) is 19.0. The zero-order valence-electron chi connectivity index (χ0n) is 32.7. The number of esters is 2. The van der Waals surface area contributed by atoms with E-state index < -0.39 is 41.8 Å². The van der Waals surface area contributed by atoms with E-state index in [9.17, 15) is 14.7 Å². The Kier molecular flexibility index (Phi) is 13.0. The first kappa shape index (κ1) is 40.0. The van der Waals surface area contributed by atoms with Gasteiger partial charge in [0.05, 0.1) is 6.61 Å². The maximum Gasteiger partial charge on any atom is 0.378 e. The minimum absolute atomic E-state index is 0.118. The van der Waals surface area contributed by atoms with Crippen molar-refractivity contribution in [3.63, 3.8) is 0 Å². The molecule has 5 atom stereocenters. The van der Waals surface area contributed by atoms with Gasteiger partial charge >= 0.3 is 11.9 Å². The predicted octanol–water partition coefficient (Wildman–Crippen LogP) is 9.29. The molecule has 1 fully saturated rings. The number of ether oxygens (including phenoxy) is 6. The highest BCUT2D eigenvalue weighted by molar-refractivity contribution is 5.90. The molecule has 0 saturated carbocycles. The van der Waals surface area contributed by atoms with Gasteiger partial charge in [0, 0.05) is 5.56 Å². The molecule has 0 spiro atoms. The maximum atomic E-state index is 13.2. The summed E-state index contributed by atoms with van der Waals surface area (Å²) in [6, 6.07) is 0. The number of fused-ring (bicyclic) bond motifs is 1. The molecule has 0 aliphatic carbocycles. The lowest BCUT2D eigenvalue weighted by molar-refractivity contribution is -0.181. The summed E-state index contributed by atoms with van der Waals surface area (Å²) in [7, 11) is 0.